The Labute approximate surface area is 216 Å². The molecule has 2 aromatic carbocycles. The van der Waals surface area contributed by atoms with Crippen molar-refractivity contribution in [2.45, 2.75) is 13.3 Å². The maximum atomic E-state index is 13.8. The van der Waals surface area contributed by atoms with Gasteiger partial charge in [0.25, 0.3) is 5.91 Å². The predicted molar refractivity (Wildman–Crippen MR) is 141 cm³/mol. The molecule has 0 radical (unpaired) electrons. The van der Waals surface area contributed by atoms with Gasteiger partial charge in [-0.3, -0.25) is 14.6 Å². The van der Waals surface area contributed by atoms with Crippen molar-refractivity contribution in [2.75, 3.05) is 65.6 Å². The van der Waals surface area contributed by atoms with Crippen LogP contribution in [0, 0.1) is 6.92 Å². The van der Waals surface area contributed by atoms with Gasteiger partial charge in [-0.25, -0.2) is 4.98 Å². The second-order valence-corrected chi connectivity index (χ2v) is 9.10. The zero-order valence-electron chi connectivity index (χ0n) is 20.5. The fraction of sp³-hybridized carbons (Fsp3) is 0.440. The van der Waals surface area contributed by atoms with E-state index < -0.39 is 0 Å². The molecule has 1 fully saturated rings. The molecule has 0 N–H and O–H groups in total. The Kier molecular flexibility index (Phi) is 9.56. The largest absolute Gasteiger partial charge is 0.497 e. The van der Waals surface area contributed by atoms with E-state index in [4.69, 9.17) is 23.9 Å². The standard InChI is InChI=1S/C25H31N3O5S.ClH/c1-17-6-7-21(32-4)22-23(17)34-25(26-22)28(9-5-8-27-10-12-33-13-11-27)24(29)18-14-19(30-2)16-20(15-18)31-3;/h6-7,14-16H,5,8-13H2,1-4H3;1H. The SMILES string of the molecule is COc1cc(OC)cc(C(=O)N(CCCN2CCOCC2)c2nc3c(OC)ccc(C)c3s2)c1.Cl. The number of fused-ring (bicyclic) bond motifs is 1. The molecule has 1 aliphatic heterocycles. The summed E-state index contributed by atoms with van der Waals surface area (Å²) in [5.41, 5.74) is 2.37. The molecule has 190 valence electrons. The highest BCUT2D eigenvalue weighted by molar-refractivity contribution is 7.22. The number of aryl methyl sites for hydroxylation is 1. The molecule has 35 heavy (non-hydrogen) atoms. The van der Waals surface area contributed by atoms with Crippen LogP contribution in [0.1, 0.15) is 22.3 Å². The quantitative estimate of drug-likeness (QED) is 0.412. The van der Waals surface area contributed by atoms with E-state index >= 15 is 0 Å². The number of benzene rings is 2. The van der Waals surface area contributed by atoms with Crippen molar-refractivity contribution >= 4 is 45.0 Å². The summed E-state index contributed by atoms with van der Waals surface area (Å²) < 4.78 is 22.8. The number of rotatable bonds is 9. The van der Waals surface area contributed by atoms with Crippen molar-refractivity contribution in [2.24, 2.45) is 0 Å². The topological polar surface area (TPSA) is 73.4 Å². The number of hydrogen-bond donors (Lipinski definition) is 0. The smallest absolute Gasteiger partial charge is 0.260 e. The first kappa shape index (κ1) is 27.0. The Bertz CT molecular complexity index is 1130. The molecule has 0 atom stereocenters. The molecule has 1 amide bonds. The third kappa shape index (κ3) is 6.16. The lowest BCUT2D eigenvalue weighted by molar-refractivity contribution is 0.0376. The summed E-state index contributed by atoms with van der Waals surface area (Å²) in [6.45, 7) is 6.81. The molecule has 0 unspecified atom stereocenters. The number of amides is 1. The number of ether oxygens (including phenoxy) is 4. The number of methoxy groups -OCH3 is 3. The molecule has 1 aliphatic rings. The van der Waals surface area contributed by atoms with Crippen molar-refractivity contribution < 1.29 is 23.7 Å². The van der Waals surface area contributed by atoms with Crippen molar-refractivity contribution in [1.82, 2.24) is 9.88 Å². The van der Waals surface area contributed by atoms with Gasteiger partial charge in [-0.05, 0) is 37.1 Å². The highest BCUT2D eigenvalue weighted by Crippen LogP contribution is 2.37. The molecule has 0 spiro atoms. The van der Waals surface area contributed by atoms with E-state index in [-0.39, 0.29) is 18.3 Å². The molecular formula is C25H32ClN3O5S. The molecule has 2 heterocycles. The number of carbonyl (C=O) groups is 1. The Morgan fingerprint density at radius 1 is 1.09 bits per heavy atom. The summed E-state index contributed by atoms with van der Waals surface area (Å²) in [7, 11) is 4.79. The van der Waals surface area contributed by atoms with E-state index in [0.29, 0.717) is 34.5 Å². The maximum absolute atomic E-state index is 13.8. The summed E-state index contributed by atoms with van der Waals surface area (Å²) >= 11 is 1.51. The molecular weight excluding hydrogens is 490 g/mol. The molecule has 4 rings (SSSR count). The highest BCUT2D eigenvalue weighted by Gasteiger charge is 2.24. The number of halogens is 1. The normalized spacial score (nSPS) is 13.8. The number of carbonyl (C=O) groups excluding carboxylic acids is 1. The lowest BCUT2D eigenvalue weighted by Crippen LogP contribution is -2.39. The first-order valence-corrected chi connectivity index (χ1v) is 12.1. The summed E-state index contributed by atoms with van der Waals surface area (Å²) in [5, 5.41) is 0.649. The van der Waals surface area contributed by atoms with Crippen molar-refractivity contribution in [3.05, 3.63) is 41.5 Å². The van der Waals surface area contributed by atoms with E-state index in [0.717, 1.165) is 55.0 Å². The Morgan fingerprint density at radius 3 is 2.40 bits per heavy atom. The molecule has 0 saturated carbocycles. The van der Waals surface area contributed by atoms with E-state index in [2.05, 4.69) is 4.90 Å². The number of morpholine rings is 1. The Morgan fingerprint density at radius 2 is 1.77 bits per heavy atom. The van der Waals surface area contributed by atoms with Crippen LogP contribution in [0.4, 0.5) is 5.13 Å². The number of aromatic nitrogens is 1. The minimum absolute atomic E-state index is 0. The van der Waals surface area contributed by atoms with E-state index in [9.17, 15) is 4.79 Å². The Hall–Kier alpha value is -2.59. The minimum atomic E-state index is -0.144. The van der Waals surface area contributed by atoms with Gasteiger partial charge in [0.1, 0.15) is 22.8 Å². The van der Waals surface area contributed by atoms with Gasteiger partial charge in [0.15, 0.2) is 5.13 Å². The summed E-state index contributed by atoms with van der Waals surface area (Å²) in [6.07, 6.45) is 0.818. The van der Waals surface area contributed by atoms with Crippen molar-refractivity contribution in [1.29, 1.82) is 0 Å². The first-order chi connectivity index (χ1) is 16.5. The van der Waals surface area contributed by atoms with Crippen LogP contribution in [-0.2, 0) is 4.74 Å². The number of thiazole rings is 1. The molecule has 0 aliphatic carbocycles. The van der Waals surface area contributed by atoms with Crippen LogP contribution >= 0.6 is 23.7 Å². The third-order valence-electron chi connectivity index (χ3n) is 5.95. The summed E-state index contributed by atoms with van der Waals surface area (Å²) in [6, 6.07) is 9.16. The number of nitrogens with zero attached hydrogens (tertiary/aromatic N) is 3. The van der Waals surface area contributed by atoms with Crippen LogP contribution in [0.25, 0.3) is 10.2 Å². The maximum Gasteiger partial charge on any atom is 0.260 e. The van der Waals surface area contributed by atoms with Gasteiger partial charge in [0.05, 0.1) is 39.2 Å². The van der Waals surface area contributed by atoms with Gasteiger partial charge in [-0.1, -0.05) is 17.4 Å². The molecule has 10 heteroatoms. The molecule has 1 aromatic heterocycles. The second-order valence-electron chi connectivity index (χ2n) is 8.12. The van der Waals surface area contributed by atoms with Crippen LogP contribution in [-0.4, -0.2) is 76.5 Å². The average Bonchev–Trinajstić information content (AvgIpc) is 3.33. The average molecular weight is 522 g/mol. The van der Waals surface area contributed by atoms with Crippen LogP contribution in [0.5, 0.6) is 17.2 Å². The summed E-state index contributed by atoms with van der Waals surface area (Å²) in [5.74, 6) is 1.69. The molecule has 8 nitrogen and oxygen atoms in total. The van der Waals surface area contributed by atoms with Crippen molar-refractivity contribution in [3.63, 3.8) is 0 Å². The minimum Gasteiger partial charge on any atom is -0.497 e. The monoisotopic (exact) mass is 521 g/mol. The van der Waals surface area contributed by atoms with Gasteiger partial charge in [0, 0.05) is 37.8 Å². The fourth-order valence-electron chi connectivity index (χ4n) is 4.03. The van der Waals surface area contributed by atoms with Gasteiger partial charge in [0.2, 0.25) is 0 Å². The number of anilines is 1. The lowest BCUT2D eigenvalue weighted by atomic mass is 10.1. The van der Waals surface area contributed by atoms with E-state index in [1.165, 1.54) is 11.3 Å². The molecule has 0 bridgehead atoms. The molecule has 1 saturated heterocycles. The van der Waals surface area contributed by atoms with Crippen LogP contribution in [0.15, 0.2) is 30.3 Å². The van der Waals surface area contributed by atoms with Gasteiger partial charge in [-0.2, -0.15) is 0 Å². The van der Waals surface area contributed by atoms with Crippen LogP contribution in [0.2, 0.25) is 0 Å². The van der Waals surface area contributed by atoms with E-state index in [1.807, 2.05) is 19.1 Å². The van der Waals surface area contributed by atoms with E-state index in [1.54, 1.807) is 44.4 Å². The van der Waals surface area contributed by atoms with Gasteiger partial charge in [-0.15, -0.1) is 12.4 Å². The van der Waals surface area contributed by atoms with Crippen LogP contribution < -0.4 is 19.1 Å². The number of hydrogen-bond acceptors (Lipinski definition) is 8. The Balaban J connectivity index is 0.00000342. The second kappa shape index (κ2) is 12.4. The molecule has 3 aromatic rings. The first-order valence-electron chi connectivity index (χ1n) is 11.3. The van der Waals surface area contributed by atoms with Gasteiger partial charge >= 0.3 is 0 Å². The summed E-state index contributed by atoms with van der Waals surface area (Å²) in [4.78, 5) is 22.8. The lowest BCUT2D eigenvalue weighted by Gasteiger charge is -2.27. The fourth-order valence-corrected chi connectivity index (χ4v) is 5.10. The zero-order chi connectivity index (χ0) is 24.1. The third-order valence-corrected chi connectivity index (χ3v) is 7.16. The zero-order valence-corrected chi connectivity index (χ0v) is 22.2. The predicted octanol–water partition coefficient (Wildman–Crippen LogP) is 4.42. The van der Waals surface area contributed by atoms with Crippen LogP contribution in [0.3, 0.4) is 0 Å². The van der Waals surface area contributed by atoms with Gasteiger partial charge < -0.3 is 18.9 Å². The van der Waals surface area contributed by atoms with Crippen molar-refractivity contribution in [3.8, 4) is 17.2 Å². The highest BCUT2D eigenvalue weighted by atomic mass is 35.5.